The largest absolute Gasteiger partial charge is 0.480 e. The number of nitrogens with zero attached hydrogens (tertiary/aromatic N) is 1. The van der Waals surface area contributed by atoms with Crippen LogP contribution < -0.4 is 5.32 Å². The van der Waals surface area contributed by atoms with Crippen molar-refractivity contribution in [2.45, 2.75) is 38.0 Å². The van der Waals surface area contributed by atoms with Gasteiger partial charge in [-0.3, -0.25) is 0 Å². The summed E-state index contributed by atoms with van der Waals surface area (Å²) in [6, 6.07) is 2.33. The number of likely N-dealkylation sites (tertiary alicyclic amines) is 1. The van der Waals surface area contributed by atoms with E-state index >= 15 is 0 Å². The standard InChI is InChI=1S/C13H18N2O4S/c1-2-9(11-4-3-5-20-11)14-13(19)15-7-8(16)6-10(15)12(17)18/h3-5,8-10,16H,2,6-7H2,1H3,(H,14,19)(H,17,18). The monoisotopic (exact) mass is 298 g/mol. The molecule has 1 aliphatic heterocycles. The van der Waals surface area contributed by atoms with E-state index in [9.17, 15) is 14.7 Å². The van der Waals surface area contributed by atoms with Crippen LogP contribution in [-0.2, 0) is 4.79 Å². The first kappa shape index (κ1) is 14.8. The van der Waals surface area contributed by atoms with Crippen LogP contribution in [0.15, 0.2) is 17.5 Å². The predicted octanol–water partition coefficient (Wildman–Crippen LogP) is 1.43. The lowest BCUT2D eigenvalue weighted by molar-refractivity contribution is -0.141. The minimum atomic E-state index is -1.08. The third-order valence-electron chi connectivity index (χ3n) is 3.42. The average molecular weight is 298 g/mol. The Morgan fingerprint density at radius 1 is 1.60 bits per heavy atom. The van der Waals surface area contributed by atoms with Gasteiger partial charge in [0.15, 0.2) is 0 Å². The van der Waals surface area contributed by atoms with Crippen LogP contribution in [0, 0.1) is 0 Å². The van der Waals surface area contributed by atoms with Gasteiger partial charge in [-0.25, -0.2) is 9.59 Å². The molecule has 20 heavy (non-hydrogen) atoms. The van der Waals surface area contributed by atoms with Crippen LogP contribution in [-0.4, -0.2) is 45.8 Å². The van der Waals surface area contributed by atoms with Crippen molar-refractivity contribution in [3.8, 4) is 0 Å². The van der Waals surface area contributed by atoms with Gasteiger partial charge in [-0.15, -0.1) is 11.3 Å². The van der Waals surface area contributed by atoms with Crippen LogP contribution in [0.3, 0.4) is 0 Å². The van der Waals surface area contributed by atoms with Gasteiger partial charge in [-0.05, 0) is 17.9 Å². The summed E-state index contributed by atoms with van der Waals surface area (Å²) in [5.41, 5.74) is 0. The van der Waals surface area contributed by atoms with E-state index in [2.05, 4.69) is 5.32 Å². The molecule has 2 amide bonds. The number of hydrogen-bond acceptors (Lipinski definition) is 4. The first-order valence-electron chi connectivity index (χ1n) is 6.54. The zero-order valence-electron chi connectivity index (χ0n) is 11.2. The van der Waals surface area contributed by atoms with E-state index in [0.717, 1.165) is 11.3 Å². The van der Waals surface area contributed by atoms with Crippen molar-refractivity contribution in [2.75, 3.05) is 6.54 Å². The minimum absolute atomic E-state index is 0.0592. The highest BCUT2D eigenvalue weighted by atomic mass is 32.1. The number of carbonyl (C=O) groups is 2. The number of hydrogen-bond donors (Lipinski definition) is 3. The maximum absolute atomic E-state index is 12.2. The molecule has 1 fully saturated rings. The van der Waals surface area contributed by atoms with Crippen molar-refractivity contribution in [1.29, 1.82) is 0 Å². The average Bonchev–Trinajstić information content (AvgIpc) is 3.04. The number of carboxylic acid groups (broad SMARTS) is 1. The molecule has 6 nitrogen and oxygen atoms in total. The number of carboxylic acids is 1. The molecule has 1 aromatic rings. The SMILES string of the molecule is CCC(NC(=O)N1CC(O)CC1C(=O)O)c1cccs1. The highest BCUT2D eigenvalue weighted by Crippen LogP contribution is 2.24. The smallest absolute Gasteiger partial charge is 0.326 e. The lowest BCUT2D eigenvalue weighted by atomic mass is 10.2. The highest BCUT2D eigenvalue weighted by Gasteiger charge is 2.39. The molecule has 7 heteroatoms. The molecule has 3 N–H and O–H groups in total. The first-order valence-corrected chi connectivity index (χ1v) is 7.42. The zero-order valence-corrected chi connectivity index (χ0v) is 12.0. The van der Waals surface area contributed by atoms with Gasteiger partial charge < -0.3 is 20.4 Å². The van der Waals surface area contributed by atoms with E-state index in [4.69, 9.17) is 5.11 Å². The van der Waals surface area contributed by atoms with Crippen molar-refractivity contribution in [3.05, 3.63) is 22.4 Å². The van der Waals surface area contributed by atoms with Crippen molar-refractivity contribution in [1.82, 2.24) is 10.2 Å². The Hall–Kier alpha value is -1.60. The quantitative estimate of drug-likeness (QED) is 0.784. The summed E-state index contributed by atoms with van der Waals surface area (Å²) in [7, 11) is 0. The number of urea groups is 1. The highest BCUT2D eigenvalue weighted by molar-refractivity contribution is 7.10. The van der Waals surface area contributed by atoms with Gasteiger partial charge in [0, 0.05) is 17.8 Å². The van der Waals surface area contributed by atoms with Crippen LogP contribution >= 0.6 is 11.3 Å². The summed E-state index contributed by atoms with van der Waals surface area (Å²) in [5.74, 6) is -1.08. The number of aliphatic hydroxyl groups is 1. The van der Waals surface area contributed by atoms with E-state index in [1.807, 2.05) is 24.4 Å². The maximum atomic E-state index is 12.2. The molecule has 3 unspecified atom stereocenters. The van der Waals surface area contributed by atoms with E-state index in [-0.39, 0.29) is 19.0 Å². The second-order valence-electron chi connectivity index (χ2n) is 4.82. The molecule has 0 saturated carbocycles. The summed E-state index contributed by atoms with van der Waals surface area (Å²) in [5, 5.41) is 23.4. The van der Waals surface area contributed by atoms with Gasteiger partial charge in [-0.1, -0.05) is 13.0 Å². The predicted molar refractivity (Wildman–Crippen MR) is 74.6 cm³/mol. The van der Waals surface area contributed by atoms with Crippen LogP contribution in [0.1, 0.15) is 30.7 Å². The molecule has 0 bridgehead atoms. The number of carbonyl (C=O) groups excluding carboxylic acids is 1. The van der Waals surface area contributed by atoms with Crippen molar-refractivity contribution in [3.63, 3.8) is 0 Å². The second kappa shape index (κ2) is 6.23. The Morgan fingerprint density at radius 3 is 2.90 bits per heavy atom. The van der Waals surface area contributed by atoms with E-state index in [1.54, 1.807) is 11.3 Å². The summed E-state index contributed by atoms with van der Waals surface area (Å²) < 4.78 is 0. The molecular formula is C13H18N2O4S. The molecule has 2 rings (SSSR count). The third kappa shape index (κ3) is 3.10. The first-order chi connectivity index (χ1) is 9.52. The molecular weight excluding hydrogens is 280 g/mol. The number of rotatable bonds is 4. The lowest BCUT2D eigenvalue weighted by Gasteiger charge is -2.24. The molecule has 0 aromatic carbocycles. The number of amides is 2. The van der Waals surface area contributed by atoms with Crippen molar-refractivity contribution < 1.29 is 19.8 Å². The summed E-state index contributed by atoms with van der Waals surface area (Å²) >= 11 is 1.55. The van der Waals surface area contributed by atoms with Gasteiger partial charge in [-0.2, -0.15) is 0 Å². The van der Waals surface area contributed by atoms with Crippen LogP contribution in [0.5, 0.6) is 0 Å². The molecule has 110 valence electrons. The molecule has 0 spiro atoms. The third-order valence-corrected chi connectivity index (χ3v) is 4.40. The van der Waals surface area contributed by atoms with Gasteiger partial charge in [0.1, 0.15) is 6.04 Å². The fourth-order valence-corrected chi connectivity index (χ4v) is 3.23. The topological polar surface area (TPSA) is 89.9 Å². The number of β-amino-alcohol motifs (C(OH)–C–C–N with tert-alkyl or cyclic N) is 1. The van der Waals surface area contributed by atoms with Gasteiger partial charge in [0.25, 0.3) is 0 Å². The molecule has 0 radical (unpaired) electrons. The fourth-order valence-electron chi connectivity index (χ4n) is 2.37. The Labute approximate surface area is 121 Å². The van der Waals surface area contributed by atoms with Crippen LogP contribution in [0.2, 0.25) is 0 Å². The van der Waals surface area contributed by atoms with E-state index < -0.39 is 24.1 Å². The Balaban J connectivity index is 2.05. The van der Waals surface area contributed by atoms with Gasteiger partial charge >= 0.3 is 12.0 Å². The lowest BCUT2D eigenvalue weighted by Crippen LogP contribution is -2.47. The molecule has 1 aromatic heterocycles. The minimum Gasteiger partial charge on any atom is -0.480 e. The molecule has 2 heterocycles. The molecule has 1 saturated heterocycles. The number of thiophene rings is 1. The summed E-state index contributed by atoms with van der Waals surface area (Å²) in [4.78, 5) is 25.6. The number of aliphatic hydroxyl groups excluding tert-OH is 1. The second-order valence-corrected chi connectivity index (χ2v) is 5.80. The van der Waals surface area contributed by atoms with Crippen LogP contribution in [0.25, 0.3) is 0 Å². The Kier molecular flexibility index (Phi) is 4.61. The van der Waals surface area contributed by atoms with E-state index in [1.165, 1.54) is 4.90 Å². The van der Waals surface area contributed by atoms with Gasteiger partial charge in [0.05, 0.1) is 12.1 Å². The molecule has 3 atom stereocenters. The Morgan fingerprint density at radius 2 is 2.35 bits per heavy atom. The molecule has 1 aliphatic rings. The molecule has 0 aliphatic carbocycles. The number of aliphatic carboxylic acids is 1. The maximum Gasteiger partial charge on any atom is 0.326 e. The van der Waals surface area contributed by atoms with Crippen LogP contribution in [0.4, 0.5) is 4.79 Å². The normalized spacial score (nSPS) is 23.6. The zero-order chi connectivity index (χ0) is 14.7. The Bertz CT molecular complexity index is 477. The van der Waals surface area contributed by atoms with Crippen molar-refractivity contribution in [2.24, 2.45) is 0 Å². The number of nitrogens with one attached hydrogen (secondary N) is 1. The van der Waals surface area contributed by atoms with Gasteiger partial charge in [0.2, 0.25) is 0 Å². The van der Waals surface area contributed by atoms with E-state index in [0.29, 0.717) is 0 Å². The van der Waals surface area contributed by atoms with Crippen molar-refractivity contribution >= 4 is 23.3 Å². The fraction of sp³-hybridized carbons (Fsp3) is 0.538. The summed E-state index contributed by atoms with van der Waals surface area (Å²) in [6.45, 7) is 2.02. The summed E-state index contributed by atoms with van der Waals surface area (Å²) in [6.07, 6.45) is 0.0301.